The molecule has 110 valence electrons. The highest BCUT2D eigenvalue weighted by Gasteiger charge is 2.09. The molecule has 0 heterocycles. The highest BCUT2D eigenvalue weighted by atomic mass is 35.5. The minimum atomic E-state index is 0.00584. The van der Waals surface area contributed by atoms with Gasteiger partial charge in [-0.3, -0.25) is 4.79 Å². The summed E-state index contributed by atoms with van der Waals surface area (Å²) in [5, 5.41) is 6.99. The Hall–Kier alpha value is -2.00. The van der Waals surface area contributed by atoms with Crippen LogP contribution in [-0.4, -0.2) is 5.91 Å². The Morgan fingerprint density at radius 2 is 1.86 bits per heavy atom. The number of amides is 1. The third kappa shape index (κ3) is 4.23. The zero-order valence-electron chi connectivity index (χ0n) is 12.2. The van der Waals surface area contributed by atoms with Crippen LogP contribution in [0.3, 0.4) is 0 Å². The molecule has 0 spiro atoms. The molecule has 1 unspecified atom stereocenters. The predicted molar refractivity (Wildman–Crippen MR) is 88.9 cm³/mol. The molecule has 1 atom stereocenters. The van der Waals surface area contributed by atoms with Crippen molar-refractivity contribution < 1.29 is 4.79 Å². The van der Waals surface area contributed by atoms with Gasteiger partial charge in [0.25, 0.3) is 0 Å². The van der Waals surface area contributed by atoms with Crippen LogP contribution in [-0.2, 0) is 4.79 Å². The van der Waals surface area contributed by atoms with E-state index in [0.29, 0.717) is 6.42 Å². The molecule has 0 fully saturated rings. The standard InChI is InChI=1S/C17H19ClN2O/c1-3-17(21)20-14-8-6-7-13(11-14)19-12(2)15-9-4-5-10-16(15)18/h4-12,19H,3H2,1-2H3,(H,20,21). The van der Waals surface area contributed by atoms with E-state index in [2.05, 4.69) is 17.6 Å². The molecule has 2 N–H and O–H groups in total. The molecule has 0 saturated carbocycles. The molecule has 0 aliphatic heterocycles. The summed E-state index contributed by atoms with van der Waals surface area (Å²) in [6.07, 6.45) is 0.466. The van der Waals surface area contributed by atoms with Crippen molar-refractivity contribution in [3.63, 3.8) is 0 Å². The van der Waals surface area contributed by atoms with Crippen LogP contribution in [0.5, 0.6) is 0 Å². The molecule has 0 bridgehead atoms. The number of benzene rings is 2. The molecular weight excluding hydrogens is 284 g/mol. The van der Waals surface area contributed by atoms with E-state index in [1.165, 1.54) is 0 Å². The Bertz CT molecular complexity index is 628. The minimum Gasteiger partial charge on any atom is -0.378 e. The van der Waals surface area contributed by atoms with E-state index in [-0.39, 0.29) is 11.9 Å². The van der Waals surface area contributed by atoms with Gasteiger partial charge in [0, 0.05) is 28.9 Å². The van der Waals surface area contributed by atoms with Crippen LogP contribution in [0.1, 0.15) is 31.9 Å². The first-order valence-corrected chi connectivity index (χ1v) is 7.39. The van der Waals surface area contributed by atoms with Gasteiger partial charge in [-0.15, -0.1) is 0 Å². The Balaban J connectivity index is 2.11. The third-order valence-corrected chi connectivity index (χ3v) is 3.57. The summed E-state index contributed by atoms with van der Waals surface area (Å²) in [5.41, 5.74) is 2.77. The van der Waals surface area contributed by atoms with Gasteiger partial charge in [0.1, 0.15) is 0 Å². The summed E-state index contributed by atoms with van der Waals surface area (Å²) < 4.78 is 0. The molecule has 0 saturated heterocycles. The highest BCUT2D eigenvalue weighted by molar-refractivity contribution is 6.31. The van der Waals surface area contributed by atoms with Crippen molar-refractivity contribution in [1.29, 1.82) is 0 Å². The van der Waals surface area contributed by atoms with Crippen LogP contribution in [0, 0.1) is 0 Å². The zero-order valence-corrected chi connectivity index (χ0v) is 12.9. The average molecular weight is 303 g/mol. The van der Waals surface area contributed by atoms with Gasteiger partial charge in [-0.25, -0.2) is 0 Å². The maximum absolute atomic E-state index is 11.4. The van der Waals surface area contributed by atoms with Crippen molar-refractivity contribution in [2.24, 2.45) is 0 Å². The number of carbonyl (C=O) groups excluding carboxylic acids is 1. The monoisotopic (exact) mass is 302 g/mol. The fourth-order valence-corrected chi connectivity index (χ4v) is 2.39. The Labute approximate surface area is 130 Å². The van der Waals surface area contributed by atoms with Crippen LogP contribution in [0.2, 0.25) is 5.02 Å². The van der Waals surface area contributed by atoms with Crippen molar-refractivity contribution in [3.05, 3.63) is 59.1 Å². The van der Waals surface area contributed by atoms with Gasteiger partial charge in [-0.05, 0) is 36.8 Å². The molecule has 21 heavy (non-hydrogen) atoms. The summed E-state index contributed by atoms with van der Waals surface area (Å²) in [6.45, 7) is 3.88. The molecule has 2 aromatic rings. The minimum absolute atomic E-state index is 0.00584. The number of carbonyl (C=O) groups is 1. The van der Waals surface area contributed by atoms with E-state index in [4.69, 9.17) is 11.6 Å². The van der Waals surface area contributed by atoms with Crippen molar-refractivity contribution >= 4 is 28.9 Å². The van der Waals surface area contributed by atoms with Crippen LogP contribution < -0.4 is 10.6 Å². The smallest absolute Gasteiger partial charge is 0.224 e. The van der Waals surface area contributed by atoms with Crippen LogP contribution in [0.15, 0.2) is 48.5 Å². The maximum Gasteiger partial charge on any atom is 0.224 e. The van der Waals surface area contributed by atoms with E-state index < -0.39 is 0 Å². The van der Waals surface area contributed by atoms with Crippen molar-refractivity contribution in [3.8, 4) is 0 Å². The Morgan fingerprint density at radius 1 is 1.14 bits per heavy atom. The van der Waals surface area contributed by atoms with Gasteiger partial charge in [0.05, 0.1) is 0 Å². The first kappa shape index (κ1) is 15.4. The van der Waals surface area contributed by atoms with Gasteiger partial charge in [-0.1, -0.05) is 42.8 Å². The number of halogens is 1. The number of hydrogen-bond acceptors (Lipinski definition) is 2. The van der Waals surface area contributed by atoms with E-state index in [1.807, 2.05) is 55.5 Å². The maximum atomic E-state index is 11.4. The molecule has 4 heteroatoms. The summed E-state index contributed by atoms with van der Waals surface area (Å²) in [4.78, 5) is 11.4. The first-order chi connectivity index (χ1) is 10.1. The SMILES string of the molecule is CCC(=O)Nc1cccc(NC(C)c2ccccc2Cl)c1. The summed E-state index contributed by atoms with van der Waals surface area (Å²) in [5.74, 6) is 0.00584. The van der Waals surface area contributed by atoms with E-state index >= 15 is 0 Å². The predicted octanol–water partition coefficient (Wildman–Crippen LogP) is 4.86. The molecule has 3 nitrogen and oxygen atoms in total. The first-order valence-electron chi connectivity index (χ1n) is 7.01. The second-order valence-corrected chi connectivity index (χ2v) is 5.28. The molecule has 2 aromatic carbocycles. The van der Waals surface area contributed by atoms with Gasteiger partial charge >= 0.3 is 0 Å². The highest BCUT2D eigenvalue weighted by Crippen LogP contribution is 2.26. The largest absolute Gasteiger partial charge is 0.378 e. The van der Waals surface area contributed by atoms with Gasteiger partial charge in [0.2, 0.25) is 5.91 Å². The molecule has 0 aliphatic carbocycles. The van der Waals surface area contributed by atoms with Crippen molar-refractivity contribution in [2.75, 3.05) is 10.6 Å². The molecule has 0 aromatic heterocycles. The lowest BCUT2D eigenvalue weighted by Crippen LogP contribution is -2.10. The van der Waals surface area contributed by atoms with Gasteiger partial charge in [-0.2, -0.15) is 0 Å². The molecular formula is C17H19ClN2O. The number of anilines is 2. The average Bonchev–Trinajstić information content (AvgIpc) is 2.47. The van der Waals surface area contributed by atoms with Crippen LogP contribution in [0.4, 0.5) is 11.4 Å². The fraction of sp³-hybridized carbons (Fsp3) is 0.235. The van der Waals surface area contributed by atoms with Gasteiger partial charge < -0.3 is 10.6 Å². The molecule has 2 rings (SSSR count). The second-order valence-electron chi connectivity index (χ2n) is 4.87. The van der Waals surface area contributed by atoms with E-state index in [1.54, 1.807) is 0 Å². The summed E-state index contributed by atoms with van der Waals surface area (Å²) in [7, 11) is 0. The Morgan fingerprint density at radius 3 is 2.57 bits per heavy atom. The normalized spacial score (nSPS) is 11.8. The van der Waals surface area contributed by atoms with Gasteiger partial charge in [0.15, 0.2) is 0 Å². The number of nitrogens with one attached hydrogen (secondary N) is 2. The Kier molecular flexibility index (Phi) is 5.23. The van der Waals surface area contributed by atoms with E-state index in [9.17, 15) is 4.79 Å². The van der Waals surface area contributed by atoms with E-state index in [0.717, 1.165) is 22.0 Å². The molecule has 0 aliphatic rings. The number of rotatable bonds is 5. The van der Waals surface area contributed by atoms with Crippen molar-refractivity contribution in [2.45, 2.75) is 26.3 Å². The lowest BCUT2D eigenvalue weighted by molar-refractivity contribution is -0.115. The van der Waals surface area contributed by atoms with Crippen LogP contribution in [0.25, 0.3) is 0 Å². The zero-order chi connectivity index (χ0) is 15.2. The lowest BCUT2D eigenvalue weighted by Gasteiger charge is -2.17. The van der Waals surface area contributed by atoms with Crippen molar-refractivity contribution in [1.82, 2.24) is 0 Å². The van der Waals surface area contributed by atoms with Crippen LogP contribution >= 0.6 is 11.6 Å². The molecule has 0 radical (unpaired) electrons. The third-order valence-electron chi connectivity index (χ3n) is 3.22. The number of hydrogen-bond donors (Lipinski definition) is 2. The quantitative estimate of drug-likeness (QED) is 0.828. The second kappa shape index (κ2) is 7.14. The summed E-state index contributed by atoms with van der Waals surface area (Å²) in [6, 6.07) is 15.5. The topological polar surface area (TPSA) is 41.1 Å². The summed E-state index contributed by atoms with van der Waals surface area (Å²) >= 11 is 6.21. The fourth-order valence-electron chi connectivity index (χ4n) is 2.09. The lowest BCUT2D eigenvalue weighted by atomic mass is 10.1. The molecule has 1 amide bonds.